The fourth-order valence-corrected chi connectivity index (χ4v) is 4.14. The van der Waals surface area contributed by atoms with Gasteiger partial charge in [-0.3, -0.25) is 14.4 Å². The zero-order chi connectivity index (χ0) is 17.2. The second-order valence-electron chi connectivity index (χ2n) is 7.17. The van der Waals surface area contributed by atoms with Crippen LogP contribution in [-0.2, 0) is 20.7 Å². The van der Waals surface area contributed by atoms with E-state index < -0.39 is 5.60 Å². The number of carbonyl (C=O) groups excluding carboxylic acids is 3. The fraction of sp³-hybridized carbons (Fsp3) is 0.550. The zero-order valence-corrected chi connectivity index (χ0v) is 14.2. The van der Waals surface area contributed by atoms with Crippen molar-refractivity contribution in [2.75, 3.05) is 0 Å². The standard InChI is InChI=1S/C20H24O4/c1-14(21)16-8-6-15(7-9-16)10-11-20(17-4-2-3-5-17)13-18(22)12-19(23)24-20/h6-9,17H,2-5,10-13H2,1H3. The highest BCUT2D eigenvalue weighted by atomic mass is 16.6. The molecule has 128 valence electrons. The van der Waals surface area contributed by atoms with Crippen LogP contribution in [0.5, 0.6) is 0 Å². The zero-order valence-electron chi connectivity index (χ0n) is 14.2. The minimum atomic E-state index is -0.623. The summed E-state index contributed by atoms with van der Waals surface area (Å²) in [5, 5.41) is 0. The van der Waals surface area contributed by atoms with E-state index in [4.69, 9.17) is 4.74 Å². The maximum Gasteiger partial charge on any atom is 0.313 e. The van der Waals surface area contributed by atoms with Crippen molar-refractivity contribution < 1.29 is 19.1 Å². The first kappa shape index (κ1) is 16.9. The summed E-state index contributed by atoms with van der Waals surface area (Å²) in [5.74, 6) is -0.0202. The molecule has 1 atom stereocenters. The molecule has 1 aliphatic heterocycles. The smallest absolute Gasteiger partial charge is 0.313 e. The van der Waals surface area contributed by atoms with Crippen molar-refractivity contribution in [2.24, 2.45) is 5.92 Å². The molecule has 0 radical (unpaired) electrons. The lowest BCUT2D eigenvalue weighted by molar-refractivity contribution is -0.178. The maximum absolute atomic E-state index is 12.0. The third-order valence-corrected chi connectivity index (χ3v) is 5.45. The van der Waals surface area contributed by atoms with Gasteiger partial charge in [0.05, 0.1) is 0 Å². The van der Waals surface area contributed by atoms with E-state index in [1.165, 1.54) is 0 Å². The molecule has 2 fully saturated rings. The van der Waals surface area contributed by atoms with E-state index in [9.17, 15) is 14.4 Å². The van der Waals surface area contributed by atoms with Crippen LogP contribution in [0.1, 0.15) is 67.8 Å². The summed E-state index contributed by atoms with van der Waals surface area (Å²) < 4.78 is 5.80. The average molecular weight is 328 g/mol. The number of ether oxygens (including phenoxy) is 1. The maximum atomic E-state index is 12.0. The molecular weight excluding hydrogens is 304 g/mol. The Morgan fingerprint density at radius 2 is 1.83 bits per heavy atom. The molecule has 2 aliphatic rings. The van der Waals surface area contributed by atoms with Gasteiger partial charge >= 0.3 is 5.97 Å². The van der Waals surface area contributed by atoms with E-state index >= 15 is 0 Å². The number of cyclic esters (lactones) is 1. The Balaban J connectivity index is 1.75. The fourth-order valence-electron chi connectivity index (χ4n) is 4.14. The molecule has 1 saturated heterocycles. The molecule has 1 unspecified atom stereocenters. The Bertz CT molecular complexity index is 622. The van der Waals surface area contributed by atoms with Crippen LogP contribution < -0.4 is 0 Å². The van der Waals surface area contributed by atoms with Gasteiger partial charge in [0.2, 0.25) is 0 Å². The number of rotatable bonds is 5. The van der Waals surface area contributed by atoms with Crippen molar-refractivity contribution in [1.29, 1.82) is 0 Å². The van der Waals surface area contributed by atoms with Crippen molar-refractivity contribution in [1.82, 2.24) is 0 Å². The Morgan fingerprint density at radius 1 is 1.17 bits per heavy atom. The van der Waals surface area contributed by atoms with Gasteiger partial charge in [-0.2, -0.15) is 0 Å². The van der Waals surface area contributed by atoms with Gasteiger partial charge in [-0.05, 0) is 44.1 Å². The first-order valence-corrected chi connectivity index (χ1v) is 8.82. The van der Waals surface area contributed by atoms with Crippen LogP contribution in [0.15, 0.2) is 24.3 Å². The molecule has 1 aliphatic carbocycles. The number of ketones is 2. The number of Topliss-reactive ketones (excluding diaryl/α,β-unsaturated/α-hetero) is 2. The molecule has 0 amide bonds. The number of hydrogen-bond donors (Lipinski definition) is 0. The number of aryl methyl sites for hydroxylation is 1. The summed E-state index contributed by atoms with van der Waals surface area (Å²) >= 11 is 0. The van der Waals surface area contributed by atoms with E-state index in [0.717, 1.165) is 37.7 Å². The molecule has 4 heteroatoms. The average Bonchev–Trinajstić information content (AvgIpc) is 3.07. The largest absolute Gasteiger partial charge is 0.458 e. The van der Waals surface area contributed by atoms with Crippen LogP contribution >= 0.6 is 0 Å². The molecular formula is C20H24O4. The lowest BCUT2D eigenvalue weighted by atomic mass is 9.76. The number of hydrogen-bond acceptors (Lipinski definition) is 4. The second-order valence-corrected chi connectivity index (χ2v) is 7.17. The molecule has 0 N–H and O–H groups in total. The van der Waals surface area contributed by atoms with Crippen molar-refractivity contribution in [3.63, 3.8) is 0 Å². The molecule has 4 nitrogen and oxygen atoms in total. The van der Waals surface area contributed by atoms with E-state index in [-0.39, 0.29) is 24.0 Å². The first-order chi connectivity index (χ1) is 11.5. The van der Waals surface area contributed by atoms with Crippen molar-refractivity contribution >= 4 is 17.5 Å². The minimum absolute atomic E-state index is 0.00470. The highest BCUT2D eigenvalue weighted by Crippen LogP contribution is 2.43. The summed E-state index contributed by atoms with van der Waals surface area (Å²) in [7, 11) is 0. The predicted molar refractivity (Wildman–Crippen MR) is 89.8 cm³/mol. The van der Waals surface area contributed by atoms with Gasteiger partial charge in [0.25, 0.3) is 0 Å². The third kappa shape index (κ3) is 3.58. The first-order valence-electron chi connectivity index (χ1n) is 8.82. The highest BCUT2D eigenvalue weighted by Gasteiger charge is 2.47. The molecule has 1 saturated carbocycles. The topological polar surface area (TPSA) is 60.4 Å². The monoisotopic (exact) mass is 328 g/mol. The van der Waals surface area contributed by atoms with Gasteiger partial charge in [0, 0.05) is 12.0 Å². The summed E-state index contributed by atoms with van der Waals surface area (Å²) in [4.78, 5) is 35.3. The van der Waals surface area contributed by atoms with Crippen LogP contribution in [0.3, 0.4) is 0 Å². The molecule has 1 aromatic carbocycles. The molecule has 1 aromatic rings. The van der Waals surface area contributed by atoms with Crippen molar-refractivity contribution in [2.45, 2.75) is 63.9 Å². The quantitative estimate of drug-likeness (QED) is 0.470. The van der Waals surface area contributed by atoms with Gasteiger partial charge in [-0.1, -0.05) is 37.1 Å². The second kappa shape index (κ2) is 6.88. The summed E-state index contributed by atoms with van der Waals surface area (Å²) in [6.07, 6.45) is 6.05. The van der Waals surface area contributed by atoms with Crippen molar-refractivity contribution in [3.05, 3.63) is 35.4 Å². The van der Waals surface area contributed by atoms with Gasteiger partial charge in [-0.15, -0.1) is 0 Å². The van der Waals surface area contributed by atoms with Gasteiger partial charge in [-0.25, -0.2) is 0 Å². The molecule has 0 spiro atoms. The van der Waals surface area contributed by atoms with Gasteiger partial charge < -0.3 is 4.74 Å². The van der Waals surface area contributed by atoms with Crippen LogP contribution in [0.2, 0.25) is 0 Å². The lowest BCUT2D eigenvalue weighted by Gasteiger charge is -2.41. The SMILES string of the molecule is CC(=O)c1ccc(CCC2(C3CCCC3)CC(=O)CC(=O)O2)cc1. The molecule has 3 rings (SSSR count). The molecule has 1 heterocycles. The molecule has 0 aromatic heterocycles. The molecule has 0 bridgehead atoms. The Kier molecular flexibility index (Phi) is 4.83. The van der Waals surface area contributed by atoms with E-state index in [1.54, 1.807) is 6.92 Å². The van der Waals surface area contributed by atoms with E-state index in [0.29, 0.717) is 24.3 Å². The van der Waals surface area contributed by atoms with Gasteiger partial charge in [0.1, 0.15) is 17.8 Å². The van der Waals surface area contributed by atoms with Crippen LogP contribution in [-0.4, -0.2) is 23.1 Å². The number of carbonyl (C=O) groups is 3. The summed E-state index contributed by atoms with van der Waals surface area (Å²) in [6.45, 7) is 1.55. The van der Waals surface area contributed by atoms with Crippen LogP contribution in [0, 0.1) is 5.92 Å². The Labute approximate surface area is 142 Å². The Morgan fingerprint density at radius 3 is 2.42 bits per heavy atom. The summed E-state index contributed by atoms with van der Waals surface area (Å²) in [5.41, 5.74) is 1.18. The Hall–Kier alpha value is -1.97. The predicted octanol–water partition coefficient (Wildman–Crippen LogP) is 3.66. The van der Waals surface area contributed by atoms with Gasteiger partial charge in [0.15, 0.2) is 5.78 Å². The molecule has 24 heavy (non-hydrogen) atoms. The van der Waals surface area contributed by atoms with E-state index in [2.05, 4.69) is 0 Å². The number of benzene rings is 1. The lowest BCUT2D eigenvalue weighted by Crippen LogP contribution is -2.48. The van der Waals surface area contributed by atoms with Crippen LogP contribution in [0.25, 0.3) is 0 Å². The number of esters is 1. The van der Waals surface area contributed by atoms with Crippen LogP contribution in [0.4, 0.5) is 0 Å². The minimum Gasteiger partial charge on any atom is -0.458 e. The third-order valence-electron chi connectivity index (χ3n) is 5.45. The highest BCUT2D eigenvalue weighted by molar-refractivity contribution is 5.98. The summed E-state index contributed by atoms with van der Waals surface area (Å²) in [6, 6.07) is 7.56. The van der Waals surface area contributed by atoms with E-state index in [1.807, 2.05) is 24.3 Å². The normalized spacial score (nSPS) is 24.9. The van der Waals surface area contributed by atoms with Crippen molar-refractivity contribution in [3.8, 4) is 0 Å².